The SMILES string of the molecule is C[Si](C)(C)c1cccc([C]=O)c1[Si](C)(C)C. The minimum absolute atomic E-state index is 0.791. The van der Waals surface area contributed by atoms with Gasteiger partial charge in [0.25, 0.3) is 0 Å². The topological polar surface area (TPSA) is 17.1 Å². The van der Waals surface area contributed by atoms with Crippen molar-refractivity contribution in [3.63, 3.8) is 0 Å². The van der Waals surface area contributed by atoms with Crippen molar-refractivity contribution < 1.29 is 4.79 Å². The molecule has 0 unspecified atom stereocenters. The summed E-state index contributed by atoms with van der Waals surface area (Å²) in [4.78, 5) is 11.1. The molecule has 0 N–H and O–H groups in total. The monoisotopic (exact) mass is 249 g/mol. The summed E-state index contributed by atoms with van der Waals surface area (Å²) in [5.74, 6) is 0. The van der Waals surface area contributed by atoms with E-state index in [-0.39, 0.29) is 0 Å². The zero-order valence-corrected chi connectivity index (χ0v) is 13.1. The molecular formula is C13H21OSi2. The van der Waals surface area contributed by atoms with Gasteiger partial charge in [0.2, 0.25) is 6.29 Å². The number of hydrogen-bond donors (Lipinski definition) is 0. The lowest BCUT2D eigenvalue weighted by molar-refractivity contribution is 0.563. The molecule has 0 saturated carbocycles. The first-order valence-electron chi connectivity index (χ1n) is 5.70. The number of hydrogen-bond acceptors (Lipinski definition) is 1. The molecule has 1 aromatic carbocycles. The van der Waals surface area contributed by atoms with E-state index in [0.717, 1.165) is 5.56 Å². The van der Waals surface area contributed by atoms with Gasteiger partial charge in [0.1, 0.15) is 0 Å². The van der Waals surface area contributed by atoms with Crippen molar-refractivity contribution >= 4 is 32.8 Å². The second-order valence-corrected chi connectivity index (χ2v) is 16.4. The highest BCUT2D eigenvalue weighted by Crippen LogP contribution is 2.09. The van der Waals surface area contributed by atoms with Gasteiger partial charge in [-0.05, 0) is 5.19 Å². The van der Waals surface area contributed by atoms with Gasteiger partial charge in [0.15, 0.2) is 0 Å². The number of rotatable bonds is 3. The summed E-state index contributed by atoms with van der Waals surface area (Å²) in [5, 5.41) is 2.76. The molecule has 0 fully saturated rings. The Morgan fingerprint density at radius 1 is 0.938 bits per heavy atom. The summed E-state index contributed by atoms with van der Waals surface area (Å²) in [6, 6.07) is 6.11. The van der Waals surface area contributed by atoms with E-state index in [1.54, 1.807) is 0 Å². The van der Waals surface area contributed by atoms with Gasteiger partial charge in [-0.2, -0.15) is 0 Å². The van der Waals surface area contributed by atoms with Gasteiger partial charge in [0, 0.05) is 5.56 Å². The van der Waals surface area contributed by atoms with Crippen LogP contribution in [0.1, 0.15) is 5.56 Å². The van der Waals surface area contributed by atoms with Crippen molar-refractivity contribution in [2.24, 2.45) is 0 Å². The predicted octanol–water partition coefficient (Wildman–Crippen LogP) is 2.23. The highest BCUT2D eigenvalue weighted by Gasteiger charge is 2.29. The third kappa shape index (κ3) is 2.71. The highest BCUT2D eigenvalue weighted by atomic mass is 28.3. The molecule has 1 aromatic rings. The van der Waals surface area contributed by atoms with Crippen LogP contribution in [-0.2, 0) is 4.79 Å². The van der Waals surface area contributed by atoms with E-state index < -0.39 is 16.1 Å². The van der Waals surface area contributed by atoms with Gasteiger partial charge >= 0.3 is 0 Å². The Bertz CT molecular complexity index is 397. The molecule has 0 atom stereocenters. The molecule has 0 aliphatic carbocycles. The molecule has 1 radical (unpaired) electrons. The summed E-state index contributed by atoms with van der Waals surface area (Å²) in [6.07, 6.45) is 2.12. The maximum absolute atomic E-state index is 11.1. The third-order valence-corrected chi connectivity index (χ3v) is 7.05. The van der Waals surface area contributed by atoms with Crippen LogP contribution in [0.2, 0.25) is 39.3 Å². The van der Waals surface area contributed by atoms with Crippen LogP contribution in [0.3, 0.4) is 0 Å². The van der Waals surface area contributed by atoms with E-state index in [2.05, 4.69) is 51.6 Å². The van der Waals surface area contributed by atoms with E-state index in [9.17, 15) is 4.79 Å². The predicted molar refractivity (Wildman–Crippen MR) is 77.2 cm³/mol. The van der Waals surface area contributed by atoms with Crippen LogP contribution in [0.5, 0.6) is 0 Å². The average molecular weight is 249 g/mol. The Morgan fingerprint density at radius 3 is 1.88 bits per heavy atom. The lowest BCUT2D eigenvalue weighted by Gasteiger charge is -2.29. The summed E-state index contributed by atoms with van der Waals surface area (Å²) < 4.78 is 0. The first kappa shape index (κ1) is 13.4. The van der Waals surface area contributed by atoms with Gasteiger partial charge in [-0.25, -0.2) is 0 Å². The molecule has 0 aromatic heterocycles. The summed E-state index contributed by atoms with van der Waals surface area (Å²) in [6.45, 7) is 13.9. The Morgan fingerprint density at radius 2 is 1.50 bits per heavy atom. The molecule has 0 heterocycles. The Balaban J connectivity index is 3.57. The lowest BCUT2D eigenvalue weighted by Crippen LogP contribution is -2.57. The van der Waals surface area contributed by atoms with Crippen LogP contribution in [0.4, 0.5) is 0 Å². The fourth-order valence-corrected chi connectivity index (χ4v) is 7.63. The van der Waals surface area contributed by atoms with Gasteiger partial charge in [-0.1, -0.05) is 62.7 Å². The first-order valence-corrected chi connectivity index (χ1v) is 12.7. The van der Waals surface area contributed by atoms with E-state index in [0.29, 0.717) is 0 Å². The maximum Gasteiger partial charge on any atom is 0.233 e. The first-order chi connectivity index (χ1) is 7.18. The van der Waals surface area contributed by atoms with Crippen LogP contribution in [-0.4, -0.2) is 22.4 Å². The van der Waals surface area contributed by atoms with E-state index in [4.69, 9.17) is 0 Å². The minimum Gasteiger partial charge on any atom is -0.285 e. The van der Waals surface area contributed by atoms with Gasteiger partial charge in [-0.3, -0.25) is 4.79 Å². The quantitative estimate of drug-likeness (QED) is 0.751. The average Bonchev–Trinajstić information content (AvgIpc) is 2.13. The molecule has 0 bridgehead atoms. The molecule has 87 valence electrons. The zero-order chi connectivity index (χ0) is 12.6. The van der Waals surface area contributed by atoms with Crippen LogP contribution in [0, 0.1) is 0 Å². The molecular weight excluding hydrogens is 228 g/mol. The fourth-order valence-electron chi connectivity index (χ4n) is 2.07. The van der Waals surface area contributed by atoms with Crippen LogP contribution < -0.4 is 10.4 Å². The summed E-state index contributed by atoms with van der Waals surface area (Å²) in [5.41, 5.74) is 0.791. The molecule has 0 spiro atoms. The van der Waals surface area contributed by atoms with Crippen molar-refractivity contribution in [1.29, 1.82) is 0 Å². The van der Waals surface area contributed by atoms with Crippen molar-refractivity contribution in [2.75, 3.05) is 0 Å². The third-order valence-electron chi connectivity index (χ3n) is 2.73. The molecule has 0 saturated heterocycles. The number of benzene rings is 1. The van der Waals surface area contributed by atoms with Crippen molar-refractivity contribution in [3.05, 3.63) is 23.8 Å². The smallest absolute Gasteiger partial charge is 0.233 e. The second-order valence-electron chi connectivity index (χ2n) is 6.33. The summed E-state index contributed by atoms with van der Waals surface area (Å²) in [7, 11) is -2.86. The molecule has 1 nitrogen and oxygen atoms in total. The number of carbonyl (C=O) groups excluding carboxylic acids is 1. The van der Waals surface area contributed by atoms with E-state index in [1.807, 2.05) is 12.1 Å². The summed E-state index contributed by atoms with van der Waals surface area (Å²) >= 11 is 0. The minimum atomic E-state index is -1.48. The maximum atomic E-state index is 11.1. The van der Waals surface area contributed by atoms with E-state index >= 15 is 0 Å². The standard InChI is InChI=1S/C13H21OSi2/c1-15(2,3)12-9-7-8-11(10-14)13(12)16(4,5)6/h7-9H,1-6H3. The van der Waals surface area contributed by atoms with E-state index in [1.165, 1.54) is 10.4 Å². The van der Waals surface area contributed by atoms with Crippen molar-refractivity contribution in [1.82, 2.24) is 0 Å². The largest absolute Gasteiger partial charge is 0.285 e. The van der Waals surface area contributed by atoms with Gasteiger partial charge < -0.3 is 0 Å². The van der Waals surface area contributed by atoms with Crippen LogP contribution >= 0.6 is 0 Å². The molecule has 0 aliphatic rings. The lowest BCUT2D eigenvalue weighted by atomic mass is 10.2. The highest BCUT2D eigenvalue weighted by molar-refractivity contribution is 6.99. The van der Waals surface area contributed by atoms with Crippen molar-refractivity contribution in [2.45, 2.75) is 39.3 Å². The second kappa shape index (κ2) is 4.30. The van der Waals surface area contributed by atoms with Crippen molar-refractivity contribution in [3.8, 4) is 0 Å². The van der Waals surface area contributed by atoms with Crippen LogP contribution in [0.15, 0.2) is 18.2 Å². The fraction of sp³-hybridized carbons (Fsp3) is 0.462. The zero-order valence-electron chi connectivity index (χ0n) is 11.1. The Labute approximate surface area is 101 Å². The van der Waals surface area contributed by atoms with Gasteiger partial charge in [-0.15, -0.1) is 0 Å². The molecule has 16 heavy (non-hydrogen) atoms. The Kier molecular flexibility index (Phi) is 3.60. The normalized spacial score (nSPS) is 12.6. The molecule has 1 rings (SSSR count). The van der Waals surface area contributed by atoms with Gasteiger partial charge in [0.05, 0.1) is 16.1 Å². The Hall–Kier alpha value is -0.676. The van der Waals surface area contributed by atoms with Crippen LogP contribution in [0.25, 0.3) is 0 Å². The molecule has 0 amide bonds. The molecule has 3 heteroatoms. The molecule has 0 aliphatic heterocycles.